The summed E-state index contributed by atoms with van der Waals surface area (Å²) in [6.45, 7) is -2.91. The Bertz CT molecular complexity index is 1410. The number of alkyl halides is 2. The zero-order chi connectivity index (χ0) is 24.8. The quantitative estimate of drug-likeness (QED) is 0.163. The molecular formula is C23H17F2N5O4S. The summed E-state index contributed by atoms with van der Waals surface area (Å²) in [5.41, 5.74) is 1.50. The van der Waals surface area contributed by atoms with E-state index >= 15 is 0 Å². The van der Waals surface area contributed by atoms with Crippen molar-refractivity contribution in [2.45, 2.75) is 6.61 Å². The van der Waals surface area contributed by atoms with Crippen LogP contribution in [0, 0.1) is 4.77 Å². The van der Waals surface area contributed by atoms with Gasteiger partial charge in [-0.1, -0.05) is 0 Å². The minimum absolute atomic E-state index is 0.0179. The van der Waals surface area contributed by atoms with Crippen LogP contribution < -0.4 is 14.2 Å². The van der Waals surface area contributed by atoms with Crippen LogP contribution in [0.5, 0.6) is 17.2 Å². The highest BCUT2D eigenvalue weighted by molar-refractivity contribution is 7.71. The number of hydrogen-bond acceptors (Lipinski definition) is 8. The van der Waals surface area contributed by atoms with Crippen molar-refractivity contribution in [1.29, 1.82) is 0 Å². The highest BCUT2D eigenvalue weighted by Gasteiger charge is 2.13. The van der Waals surface area contributed by atoms with Gasteiger partial charge in [0.2, 0.25) is 4.77 Å². The number of aromatic amines is 1. The van der Waals surface area contributed by atoms with E-state index in [0.717, 1.165) is 0 Å². The number of aromatic nitrogens is 4. The van der Waals surface area contributed by atoms with Crippen molar-refractivity contribution in [3.05, 3.63) is 82.9 Å². The SMILES string of the molecule is COc1cc(C=Nn2c(-c3ccc(OC(F)F)cc3)n[nH]c2=S)ccc1OC(=O)c1cccnc1. The van der Waals surface area contributed by atoms with Gasteiger partial charge in [0, 0.05) is 18.0 Å². The van der Waals surface area contributed by atoms with Crippen molar-refractivity contribution in [2.24, 2.45) is 5.10 Å². The minimum Gasteiger partial charge on any atom is -0.493 e. The van der Waals surface area contributed by atoms with E-state index in [2.05, 4.69) is 25.0 Å². The number of esters is 1. The van der Waals surface area contributed by atoms with E-state index in [1.54, 1.807) is 48.7 Å². The molecule has 0 bridgehead atoms. The molecule has 0 amide bonds. The van der Waals surface area contributed by atoms with Crippen molar-refractivity contribution in [3.8, 4) is 28.6 Å². The number of nitrogens with zero attached hydrogens (tertiary/aromatic N) is 4. The van der Waals surface area contributed by atoms with Gasteiger partial charge >= 0.3 is 12.6 Å². The Morgan fingerprint density at radius 3 is 2.66 bits per heavy atom. The molecular weight excluding hydrogens is 480 g/mol. The molecule has 2 aromatic carbocycles. The first-order valence-electron chi connectivity index (χ1n) is 10.0. The lowest BCUT2D eigenvalue weighted by Gasteiger charge is -2.10. The average molecular weight is 497 g/mol. The fourth-order valence-electron chi connectivity index (χ4n) is 2.99. The van der Waals surface area contributed by atoms with Crippen LogP contribution in [0.25, 0.3) is 11.4 Å². The number of hydrogen-bond donors (Lipinski definition) is 1. The Balaban J connectivity index is 1.55. The fraction of sp³-hybridized carbons (Fsp3) is 0.0870. The summed E-state index contributed by atoms with van der Waals surface area (Å²) in [6.07, 6.45) is 4.47. The molecule has 0 fully saturated rings. The molecule has 0 spiro atoms. The zero-order valence-corrected chi connectivity index (χ0v) is 18.9. The molecule has 12 heteroatoms. The number of benzene rings is 2. The number of carbonyl (C=O) groups is 1. The van der Waals surface area contributed by atoms with Crippen LogP contribution in [0.15, 0.2) is 72.1 Å². The van der Waals surface area contributed by atoms with E-state index in [-0.39, 0.29) is 16.3 Å². The van der Waals surface area contributed by atoms with Crippen LogP contribution in [0.1, 0.15) is 15.9 Å². The second-order valence-corrected chi connectivity index (χ2v) is 7.24. The van der Waals surface area contributed by atoms with Gasteiger partial charge in [-0.3, -0.25) is 4.98 Å². The van der Waals surface area contributed by atoms with E-state index in [1.165, 1.54) is 36.3 Å². The van der Waals surface area contributed by atoms with Crippen LogP contribution >= 0.6 is 12.2 Å². The lowest BCUT2D eigenvalue weighted by Crippen LogP contribution is -2.09. The number of rotatable bonds is 8. The molecule has 0 radical (unpaired) electrons. The standard InChI is InChI=1S/C23H17F2N5O4S/c1-32-19-11-14(4-9-18(19)34-21(31)16-3-2-10-26-13-16)12-27-30-20(28-29-23(30)35)15-5-7-17(8-6-15)33-22(24)25/h2-13,22H,1H3,(H,29,35). The Labute approximate surface area is 202 Å². The maximum Gasteiger partial charge on any atom is 0.387 e. The third kappa shape index (κ3) is 5.73. The summed E-state index contributed by atoms with van der Waals surface area (Å²) >= 11 is 5.25. The van der Waals surface area contributed by atoms with Crippen LogP contribution in [0.4, 0.5) is 8.78 Å². The molecule has 4 rings (SSSR count). The van der Waals surface area contributed by atoms with Gasteiger partial charge in [-0.25, -0.2) is 9.89 Å². The summed E-state index contributed by atoms with van der Waals surface area (Å²) < 4.78 is 41.5. The lowest BCUT2D eigenvalue weighted by molar-refractivity contribution is -0.0498. The summed E-state index contributed by atoms with van der Waals surface area (Å²) in [5, 5.41) is 11.2. The number of halogens is 2. The van der Waals surface area contributed by atoms with E-state index in [4.69, 9.17) is 21.7 Å². The first-order chi connectivity index (χ1) is 16.9. The Kier molecular flexibility index (Phi) is 7.21. The summed E-state index contributed by atoms with van der Waals surface area (Å²) in [6, 6.07) is 14.0. The maximum absolute atomic E-state index is 12.4. The van der Waals surface area contributed by atoms with Crippen LogP contribution in [-0.4, -0.2) is 45.8 Å². The summed E-state index contributed by atoms with van der Waals surface area (Å²) in [7, 11) is 1.45. The molecule has 1 N–H and O–H groups in total. The van der Waals surface area contributed by atoms with Crippen LogP contribution in [0.2, 0.25) is 0 Å². The molecule has 4 aromatic rings. The second kappa shape index (κ2) is 10.7. The first-order valence-corrected chi connectivity index (χ1v) is 10.4. The molecule has 0 aliphatic rings. The topological polar surface area (TPSA) is 104 Å². The maximum atomic E-state index is 12.4. The molecule has 0 atom stereocenters. The summed E-state index contributed by atoms with van der Waals surface area (Å²) in [5.74, 6) is 0.354. The van der Waals surface area contributed by atoms with E-state index < -0.39 is 12.6 Å². The molecule has 0 aliphatic carbocycles. The third-order valence-electron chi connectivity index (χ3n) is 4.60. The number of pyridine rings is 1. The number of H-pyrrole nitrogens is 1. The molecule has 0 saturated carbocycles. The van der Waals surface area contributed by atoms with Crippen molar-refractivity contribution >= 4 is 24.4 Å². The van der Waals surface area contributed by atoms with Gasteiger partial charge in [0.1, 0.15) is 5.75 Å². The number of methoxy groups -OCH3 is 1. The third-order valence-corrected chi connectivity index (χ3v) is 4.86. The van der Waals surface area contributed by atoms with Gasteiger partial charge in [-0.15, -0.1) is 0 Å². The molecule has 0 saturated heterocycles. The van der Waals surface area contributed by atoms with E-state index in [0.29, 0.717) is 28.3 Å². The predicted octanol–water partition coefficient (Wildman–Crippen LogP) is 4.71. The molecule has 9 nitrogen and oxygen atoms in total. The molecule has 0 unspecified atom stereocenters. The number of ether oxygens (including phenoxy) is 3. The molecule has 2 heterocycles. The smallest absolute Gasteiger partial charge is 0.387 e. The average Bonchev–Trinajstić information content (AvgIpc) is 3.24. The Morgan fingerprint density at radius 1 is 1.17 bits per heavy atom. The van der Waals surface area contributed by atoms with Gasteiger partial charge in [0.05, 0.1) is 18.9 Å². The van der Waals surface area contributed by atoms with E-state index in [9.17, 15) is 13.6 Å². The van der Waals surface area contributed by atoms with Gasteiger partial charge in [0.15, 0.2) is 17.3 Å². The molecule has 2 aromatic heterocycles. The normalized spacial score (nSPS) is 11.1. The second-order valence-electron chi connectivity index (χ2n) is 6.85. The van der Waals surface area contributed by atoms with Crippen LogP contribution in [0.3, 0.4) is 0 Å². The fourth-order valence-corrected chi connectivity index (χ4v) is 3.17. The van der Waals surface area contributed by atoms with Gasteiger partial charge < -0.3 is 14.2 Å². The predicted molar refractivity (Wildman–Crippen MR) is 125 cm³/mol. The van der Waals surface area contributed by atoms with E-state index in [1.807, 2.05) is 0 Å². The number of carbonyl (C=O) groups excluding carboxylic acids is 1. The minimum atomic E-state index is -2.91. The van der Waals surface area contributed by atoms with Gasteiger partial charge in [-0.2, -0.15) is 23.7 Å². The Morgan fingerprint density at radius 2 is 1.97 bits per heavy atom. The summed E-state index contributed by atoms with van der Waals surface area (Å²) in [4.78, 5) is 16.2. The highest BCUT2D eigenvalue weighted by Crippen LogP contribution is 2.28. The van der Waals surface area contributed by atoms with Crippen molar-refractivity contribution in [1.82, 2.24) is 19.9 Å². The zero-order valence-electron chi connectivity index (χ0n) is 18.1. The molecule has 178 valence electrons. The lowest BCUT2D eigenvalue weighted by atomic mass is 10.2. The molecule has 0 aliphatic heterocycles. The van der Waals surface area contributed by atoms with Crippen molar-refractivity contribution in [3.63, 3.8) is 0 Å². The van der Waals surface area contributed by atoms with Gasteiger partial charge in [0.25, 0.3) is 0 Å². The largest absolute Gasteiger partial charge is 0.493 e. The Hall–Kier alpha value is -4.45. The first kappa shape index (κ1) is 23.7. The van der Waals surface area contributed by atoms with Crippen molar-refractivity contribution in [2.75, 3.05) is 7.11 Å². The van der Waals surface area contributed by atoms with Crippen molar-refractivity contribution < 1.29 is 27.8 Å². The number of nitrogens with one attached hydrogen (secondary N) is 1. The van der Waals surface area contributed by atoms with Gasteiger partial charge in [-0.05, 0) is 72.4 Å². The molecule has 35 heavy (non-hydrogen) atoms. The monoisotopic (exact) mass is 497 g/mol. The van der Waals surface area contributed by atoms with Crippen LogP contribution in [-0.2, 0) is 0 Å². The highest BCUT2D eigenvalue weighted by atomic mass is 32.1.